The number of benzene rings is 1. The molecule has 2 aliphatic rings. The number of carbonyl (C=O) groups is 1. The van der Waals surface area contributed by atoms with Crippen LogP contribution in [0.25, 0.3) is 0 Å². The first-order valence-electron chi connectivity index (χ1n) is 8.19. The minimum Gasteiger partial charge on any atom is -0.487 e. The Balaban J connectivity index is 1.52. The molecule has 1 aliphatic carbocycles. The van der Waals surface area contributed by atoms with Crippen molar-refractivity contribution in [3.63, 3.8) is 0 Å². The molecule has 0 aromatic heterocycles. The van der Waals surface area contributed by atoms with Gasteiger partial charge in [0.1, 0.15) is 11.9 Å². The van der Waals surface area contributed by atoms with Crippen LogP contribution in [0.5, 0.6) is 5.75 Å². The normalized spacial score (nSPS) is 22.2. The van der Waals surface area contributed by atoms with Gasteiger partial charge in [-0.2, -0.15) is 0 Å². The van der Waals surface area contributed by atoms with E-state index in [9.17, 15) is 13.6 Å². The summed E-state index contributed by atoms with van der Waals surface area (Å²) in [7, 11) is 0. The van der Waals surface area contributed by atoms with Crippen LogP contribution in [0.1, 0.15) is 32.1 Å². The zero-order valence-corrected chi connectivity index (χ0v) is 13.0. The second-order valence-corrected chi connectivity index (χ2v) is 6.20. The quantitative estimate of drug-likeness (QED) is 0.795. The standard InChI is InChI=1S/C18H21F2NO2/c19-14-6-7-17(16(20)12-14)23-15-8-10-21(11-9-15)18(22)13-4-2-1-3-5-13/h1-2,6-7,12-13,15H,3-5,8-11H2. The van der Waals surface area contributed by atoms with Crippen molar-refractivity contribution in [3.8, 4) is 5.75 Å². The van der Waals surface area contributed by atoms with E-state index in [1.54, 1.807) is 0 Å². The van der Waals surface area contributed by atoms with Crippen LogP contribution in [-0.4, -0.2) is 30.0 Å². The Labute approximate surface area is 134 Å². The van der Waals surface area contributed by atoms with Crippen molar-refractivity contribution in [1.29, 1.82) is 0 Å². The number of hydrogen-bond donors (Lipinski definition) is 0. The van der Waals surface area contributed by atoms with Crippen molar-refractivity contribution >= 4 is 5.91 Å². The molecule has 3 nitrogen and oxygen atoms in total. The number of ether oxygens (including phenoxy) is 1. The molecular weight excluding hydrogens is 300 g/mol. The van der Waals surface area contributed by atoms with E-state index >= 15 is 0 Å². The predicted molar refractivity (Wildman–Crippen MR) is 83.1 cm³/mol. The van der Waals surface area contributed by atoms with Gasteiger partial charge in [-0.1, -0.05) is 12.2 Å². The predicted octanol–water partition coefficient (Wildman–Crippen LogP) is 3.69. The van der Waals surface area contributed by atoms with Gasteiger partial charge in [-0.3, -0.25) is 4.79 Å². The van der Waals surface area contributed by atoms with E-state index < -0.39 is 11.6 Å². The average molecular weight is 321 g/mol. The van der Waals surface area contributed by atoms with E-state index in [4.69, 9.17) is 4.74 Å². The molecule has 5 heteroatoms. The Morgan fingerprint density at radius 2 is 1.91 bits per heavy atom. The highest BCUT2D eigenvalue weighted by atomic mass is 19.1. The summed E-state index contributed by atoms with van der Waals surface area (Å²) >= 11 is 0. The summed E-state index contributed by atoms with van der Waals surface area (Å²) in [5, 5.41) is 0. The van der Waals surface area contributed by atoms with E-state index in [2.05, 4.69) is 12.2 Å². The number of piperidine rings is 1. The number of rotatable bonds is 3. The molecule has 0 N–H and O–H groups in total. The topological polar surface area (TPSA) is 29.5 Å². The number of allylic oxidation sites excluding steroid dienone is 2. The summed E-state index contributed by atoms with van der Waals surface area (Å²) in [6.07, 6.45) is 8.14. The molecule has 1 unspecified atom stereocenters. The molecule has 1 aromatic carbocycles. The van der Waals surface area contributed by atoms with Crippen molar-refractivity contribution in [2.45, 2.75) is 38.2 Å². The number of amides is 1. The van der Waals surface area contributed by atoms with Gasteiger partial charge in [-0.15, -0.1) is 0 Å². The maximum absolute atomic E-state index is 13.6. The van der Waals surface area contributed by atoms with Crippen molar-refractivity contribution in [3.05, 3.63) is 42.0 Å². The van der Waals surface area contributed by atoms with Gasteiger partial charge >= 0.3 is 0 Å². The van der Waals surface area contributed by atoms with Crippen LogP contribution in [0.3, 0.4) is 0 Å². The van der Waals surface area contributed by atoms with Gasteiger partial charge in [-0.05, 0) is 31.4 Å². The first kappa shape index (κ1) is 16.0. The van der Waals surface area contributed by atoms with Gasteiger partial charge in [0, 0.05) is 37.9 Å². The summed E-state index contributed by atoms with van der Waals surface area (Å²) in [5.41, 5.74) is 0. The molecule has 124 valence electrons. The highest BCUT2D eigenvalue weighted by Crippen LogP contribution is 2.25. The van der Waals surface area contributed by atoms with Gasteiger partial charge in [0.25, 0.3) is 0 Å². The molecule has 3 rings (SSSR count). The summed E-state index contributed by atoms with van der Waals surface area (Å²) in [5.74, 6) is -0.893. The number of carbonyl (C=O) groups excluding carboxylic acids is 1. The van der Waals surface area contributed by atoms with E-state index in [0.29, 0.717) is 25.9 Å². The number of hydrogen-bond acceptors (Lipinski definition) is 2. The molecule has 1 heterocycles. The molecule has 1 amide bonds. The smallest absolute Gasteiger partial charge is 0.226 e. The second kappa shape index (κ2) is 7.11. The Morgan fingerprint density at radius 3 is 2.57 bits per heavy atom. The lowest BCUT2D eigenvalue weighted by Crippen LogP contribution is -2.44. The number of nitrogens with zero attached hydrogens (tertiary/aromatic N) is 1. The lowest BCUT2D eigenvalue weighted by molar-refractivity contribution is -0.137. The fourth-order valence-corrected chi connectivity index (χ4v) is 3.22. The van der Waals surface area contributed by atoms with E-state index in [0.717, 1.165) is 25.3 Å². The average Bonchev–Trinajstić information content (AvgIpc) is 2.58. The third-order valence-corrected chi connectivity index (χ3v) is 4.56. The lowest BCUT2D eigenvalue weighted by atomic mass is 9.92. The Bertz CT molecular complexity index is 595. The molecule has 0 spiro atoms. The minimum atomic E-state index is -0.683. The van der Waals surface area contributed by atoms with Crippen LogP contribution in [0.2, 0.25) is 0 Å². The largest absolute Gasteiger partial charge is 0.487 e. The minimum absolute atomic E-state index is 0.0774. The summed E-state index contributed by atoms with van der Waals surface area (Å²) in [4.78, 5) is 14.4. The van der Waals surface area contributed by atoms with E-state index in [-0.39, 0.29) is 23.7 Å². The molecule has 23 heavy (non-hydrogen) atoms. The number of likely N-dealkylation sites (tertiary alicyclic amines) is 1. The zero-order valence-electron chi connectivity index (χ0n) is 13.0. The van der Waals surface area contributed by atoms with E-state index in [1.165, 1.54) is 12.1 Å². The van der Waals surface area contributed by atoms with Crippen molar-refractivity contribution in [2.24, 2.45) is 5.92 Å². The third-order valence-electron chi connectivity index (χ3n) is 4.56. The molecule has 1 fully saturated rings. The second-order valence-electron chi connectivity index (χ2n) is 6.20. The maximum Gasteiger partial charge on any atom is 0.226 e. The first-order chi connectivity index (χ1) is 11.1. The molecule has 0 bridgehead atoms. The Hall–Kier alpha value is -1.91. The third kappa shape index (κ3) is 3.89. The highest BCUT2D eigenvalue weighted by Gasteiger charge is 2.29. The first-order valence-corrected chi connectivity index (χ1v) is 8.19. The highest BCUT2D eigenvalue weighted by molar-refractivity contribution is 5.79. The molecule has 1 saturated heterocycles. The molecule has 1 aliphatic heterocycles. The lowest BCUT2D eigenvalue weighted by Gasteiger charge is -2.34. The van der Waals surface area contributed by atoms with Crippen molar-refractivity contribution < 1.29 is 18.3 Å². The van der Waals surface area contributed by atoms with E-state index in [1.807, 2.05) is 4.90 Å². The van der Waals surface area contributed by atoms with Crippen LogP contribution < -0.4 is 4.74 Å². The van der Waals surface area contributed by atoms with Gasteiger partial charge in [0.15, 0.2) is 11.6 Å². The SMILES string of the molecule is O=C(C1CC=CCC1)N1CCC(Oc2ccc(F)cc2F)CC1. The van der Waals surface area contributed by atoms with Crippen LogP contribution in [0, 0.1) is 17.6 Å². The summed E-state index contributed by atoms with van der Waals surface area (Å²) in [6.45, 7) is 1.26. The van der Waals surface area contributed by atoms with Crippen molar-refractivity contribution in [2.75, 3.05) is 13.1 Å². The van der Waals surface area contributed by atoms with Crippen LogP contribution >= 0.6 is 0 Å². The van der Waals surface area contributed by atoms with Crippen LogP contribution in [-0.2, 0) is 4.79 Å². The van der Waals surface area contributed by atoms with Crippen LogP contribution in [0.15, 0.2) is 30.4 Å². The van der Waals surface area contributed by atoms with Gasteiger partial charge in [0.05, 0.1) is 0 Å². The Kier molecular flexibility index (Phi) is 4.94. The summed E-state index contributed by atoms with van der Waals surface area (Å²) in [6, 6.07) is 3.33. The summed E-state index contributed by atoms with van der Waals surface area (Å²) < 4.78 is 32.1. The van der Waals surface area contributed by atoms with Gasteiger partial charge in [0.2, 0.25) is 5.91 Å². The molecule has 1 aromatic rings. The van der Waals surface area contributed by atoms with Crippen molar-refractivity contribution in [1.82, 2.24) is 4.90 Å². The molecular formula is C18H21F2NO2. The molecule has 0 radical (unpaired) electrons. The fourth-order valence-electron chi connectivity index (χ4n) is 3.22. The fraction of sp³-hybridized carbons (Fsp3) is 0.500. The maximum atomic E-state index is 13.6. The van der Waals surface area contributed by atoms with Gasteiger partial charge in [-0.25, -0.2) is 8.78 Å². The molecule has 1 atom stereocenters. The Morgan fingerprint density at radius 1 is 1.13 bits per heavy atom. The van der Waals surface area contributed by atoms with Crippen LogP contribution in [0.4, 0.5) is 8.78 Å². The van der Waals surface area contributed by atoms with Gasteiger partial charge < -0.3 is 9.64 Å². The monoisotopic (exact) mass is 321 g/mol. The number of halogens is 2. The molecule has 0 saturated carbocycles. The zero-order chi connectivity index (χ0) is 16.2.